The van der Waals surface area contributed by atoms with E-state index in [2.05, 4.69) is 0 Å². The Morgan fingerprint density at radius 2 is 2.00 bits per heavy atom. The first kappa shape index (κ1) is 13.7. The summed E-state index contributed by atoms with van der Waals surface area (Å²) in [5, 5.41) is 19.3. The number of aromatic hydroxyl groups is 1. The monoisotopic (exact) mass is 264 g/mol. The molecule has 0 amide bonds. The number of hydrogen-bond donors (Lipinski definition) is 2. The second-order valence-corrected chi connectivity index (χ2v) is 5.19. The van der Waals surface area contributed by atoms with Crippen molar-refractivity contribution >= 4 is 5.97 Å². The number of methoxy groups -OCH3 is 1. The lowest BCUT2D eigenvalue weighted by molar-refractivity contribution is -0.141. The molecule has 0 spiro atoms. The van der Waals surface area contributed by atoms with E-state index in [1.54, 1.807) is 20.1 Å². The fourth-order valence-electron chi connectivity index (χ4n) is 2.70. The van der Waals surface area contributed by atoms with E-state index in [0.717, 1.165) is 42.6 Å². The summed E-state index contributed by atoms with van der Waals surface area (Å²) in [6.07, 6.45) is 4.24. The third kappa shape index (κ3) is 2.67. The molecular weight excluding hydrogens is 244 g/mol. The van der Waals surface area contributed by atoms with Crippen molar-refractivity contribution in [2.45, 2.75) is 39.0 Å². The first-order valence-electron chi connectivity index (χ1n) is 6.68. The van der Waals surface area contributed by atoms with E-state index in [-0.39, 0.29) is 5.75 Å². The van der Waals surface area contributed by atoms with Crippen LogP contribution in [0.4, 0.5) is 0 Å². The van der Waals surface area contributed by atoms with Crippen molar-refractivity contribution in [3.8, 4) is 11.5 Å². The zero-order chi connectivity index (χ0) is 14.0. The van der Waals surface area contributed by atoms with Crippen molar-refractivity contribution in [1.29, 1.82) is 0 Å². The minimum absolute atomic E-state index is 0.267. The van der Waals surface area contributed by atoms with E-state index < -0.39 is 11.9 Å². The van der Waals surface area contributed by atoms with Crippen LogP contribution in [0.3, 0.4) is 0 Å². The molecule has 19 heavy (non-hydrogen) atoms. The highest BCUT2D eigenvalue weighted by atomic mass is 16.5. The van der Waals surface area contributed by atoms with Gasteiger partial charge in [-0.05, 0) is 43.7 Å². The summed E-state index contributed by atoms with van der Waals surface area (Å²) in [5.41, 5.74) is 2.70. The van der Waals surface area contributed by atoms with Gasteiger partial charge in [0, 0.05) is 11.1 Å². The number of phenols is 1. The lowest BCUT2D eigenvalue weighted by Crippen LogP contribution is -2.14. The Balaban J connectivity index is 2.42. The highest BCUT2D eigenvalue weighted by Gasteiger charge is 2.23. The molecule has 2 N–H and O–H groups in total. The molecule has 0 fully saturated rings. The standard InChI is InChI=1S/C15H20O4/c1-9(15(17)18)7-10-8-13(19-2)11-5-3-4-6-12(11)14(10)16/h8-9,16H,3-7H2,1-2H3,(H,17,18). The van der Waals surface area contributed by atoms with Gasteiger partial charge in [0.05, 0.1) is 13.0 Å². The molecule has 0 radical (unpaired) electrons. The Morgan fingerprint density at radius 1 is 1.37 bits per heavy atom. The minimum atomic E-state index is -0.851. The number of aliphatic carboxylic acids is 1. The average Bonchev–Trinajstić information content (AvgIpc) is 2.41. The van der Waals surface area contributed by atoms with Gasteiger partial charge in [-0.2, -0.15) is 0 Å². The molecule has 1 unspecified atom stereocenters. The SMILES string of the molecule is COc1cc(CC(C)C(=O)O)c(O)c2c1CCCC2. The van der Waals surface area contributed by atoms with Gasteiger partial charge in [0.25, 0.3) is 0 Å². The van der Waals surface area contributed by atoms with Gasteiger partial charge >= 0.3 is 5.97 Å². The normalized spacial score (nSPS) is 15.7. The van der Waals surface area contributed by atoms with E-state index in [1.807, 2.05) is 0 Å². The van der Waals surface area contributed by atoms with Crippen LogP contribution in [0.5, 0.6) is 11.5 Å². The van der Waals surface area contributed by atoms with Crippen LogP contribution in [0.15, 0.2) is 6.07 Å². The predicted molar refractivity (Wildman–Crippen MR) is 71.8 cm³/mol. The van der Waals surface area contributed by atoms with Gasteiger partial charge < -0.3 is 14.9 Å². The summed E-state index contributed by atoms with van der Waals surface area (Å²) in [7, 11) is 1.62. The maximum absolute atomic E-state index is 10.9. The van der Waals surface area contributed by atoms with Crippen LogP contribution in [-0.2, 0) is 24.1 Å². The number of ether oxygens (including phenoxy) is 1. The number of carboxylic acids is 1. The Morgan fingerprint density at radius 3 is 2.58 bits per heavy atom. The molecule has 0 bridgehead atoms. The van der Waals surface area contributed by atoms with Gasteiger partial charge in [-0.3, -0.25) is 4.79 Å². The Kier molecular flexibility index (Phi) is 3.98. The van der Waals surface area contributed by atoms with E-state index in [1.165, 1.54) is 0 Å². The number of fused-ring (bicyclic) bond motifs is 1. The molecule has 4 nitrogen and oxygen atoms in total. The third-order valence-corrected chi connectivity index (χ3v) is 3.83. The van der Waals surface area contributed by atoms with Crippen molar-refractivity contribution in [2.75, 3.05) is 7.11 Å². The van der Waals surface area contributed by atoms with Crippen LogP contribution in [-0.4, -0.2) is 23.3 Å². The maximum atomic E-state index is 10.9. The van der Waals surface area contributed by atoms with Crippen LogP contribution in [0.2, 0.25) is 0 Å². The molecule has 0 aromatic heterocycles. The maximum Gasteiger partial charge on any atom is 0.306 e. The molecule has 1 aromatic carbocycles. The summed E-state index contributed by atoms with van der Waals surface area (Å²) >= 11 is 0. The quantitative estimate of drug-likeness (QED) is 0.877. The molecule has 0 saturated carbocycles. The topological polar surface area (TPSA) is 66.8 Å². The Labute approximate surface area is 113 Å². The number of rotatable bonds is 4. The Hall–Kier alpha value is -1.71. The lowest BCUT2D eigenvalue weighted by Gasteiger charge is -2.22. The van der Waals surface area contributed by atoms with Crippen molar-refractivity contribution < 1.29 is 19.7 Å². The van der Waals surface area contributed by atoms with Crippen LogP contribution < -0.4 is 4.74 Å². The average molecular weight is 264 g/mol. The van der Waals surface area contributed by atoms with Crippen LogP contribution in [0, 0.1) is 5.92 Å². The van der Waals surface area contributed by atoms with E-state index >= 15 is 0 Å². The third-order valence-electron chi connectivity index (χ3n) is 3.83. The molecule has 4 heteroatoms. The zero-order valence-electron chi connectivity index (χ0n) is 11.4. The first-order chi connectivity index (χ1) is 9.04. The molecule has 0 aliphatic heterocycles. The molecule has 1 aliphatic carbocycles. The van der Waals surface area contributed by atoms with E-state index in [9.17, 15) is 9.90 Å². The fourth-order valence-corrected chi connectivity index (χ4v) is 2.70. The fraction of sp³-hybridized carbons (Fsp3) is 0.533. The van der Waals surface area contributed by atoms with E-state index in [0.29, 0.717) is 12.0 Å². The Bertz CT molecular complexity index is 493. The minimum Gasteiger partial charge on any atom is -0.507 e. The van der Waals surface area contributed by atoms with Crippen molar-refractivity contribution in [1.82, 2.24) is 0 Å². The van der Waals surface area contributed by atoms with Gasteiger partial charge in [0.1, 0.15) is 11.5 Å². The summed E-state index contributed by atoms with van der Waals surface area (Å²) in [4.78, 5) is 10.9. The number of benzene rings is 1. The summed E-state index contributed by atoms with van der Waals surface area (Å²) in [5.74, 6) is -0.322. The van der Waals surface area contributed by atoms with Gasteiger partial charge in [-0.15, -0.1) is 0 Å². The second-order valence-electron chi connectivity index (χ2n) is 5.19. The largest absolute Gasteiger partial charge is 0.507 e. The lowest BCUT2D eigenvalue weighted by atomic mass is 9.86. The molecule has 0 heterocycles. The summed E-state index contributed by atoms with van der Waals surface area (Å²) in [6, 6.07) is 1.79. The van der Waals surface area contributed by atoms with Crippen LogP contribution in [0.25, 0.3) is 0 Å². The predicted octanol–water partition coefficient (Wildman–Crippen LogP) is 2.54. The molecule has 2 rings (SSSR count). The van der Waals surface area contributed by atoms with Crippen molar-refractivity contribution in [3.63, 3.8) is 0 Å². The molecular formula is C15H20O4. The number of phenolic OH excluding ortho intramolecular Hbond substituents is 1. The molecule has 1 aliphatic rings. The molecule has 1 atom stereocenters. The van der Waals surface area contributed by atoms with Gasteiger partial charge in [0.15, 0.2) is 0 Å². The zero-order valence-corrected chi connectivity index (χ0v) is 11.4. The van der Waals surface area contributed by atoms with Gasteiger partial charge in [0.2, 0.25) is 0 Å². The highest BCUT2D eigenvalue weighted by molar-refractivity contribution is 5.70. The summed E-state index contributed by atoms with van der Waals surface area (Å²) < 4.78 is 5.39. The van der Waals surface area contributed by atoms with Crippen molar-refractivity contribution in [3.05, 3.63) is 22.8 Å². The van der Waals surface area contributed by atoms with Crippen LogP contribution >= 0.6 is 0 Å². The number of carboxylic acid groups (broad SMARTS) is 1. The molecule has 1 aromatic rings. The highest BCUT2D eigenvalue weighted by Crippen LogP contribution is 2.39. The summed E-state index contributed by atoms with van der Waals surface area (Å²) in [6.45, 7) is 1.65. The smallest absolute Gasteiger partial charge is 0.306 e. The molecule has 0 saturated heterocycles. The van der Waals surface area contributed by atoms with Gasteiger partial charge in [-0.25, -0.2) is 0 Å². The molecule has 104 valence electrons. The van der Waals surface area contributed by atoms with Crippen LogP contribution in [0.1, 0.15) is 36.5 Å². The number of carbonyl (C=O) groups is 1. The van der Waals surface area contributed by atoms with E-state index in [4.69, 9.17) is 9.84 Å². The second kappa shape index (κ2) is 5.51. The van der Waals surface area contributed by atoms with Gasteiger partial charge in [-0.1, -0.05) is 6.92 Å². The van der Waals surface area contributed by atoms with Crippen molar-refractivity contribution in [2.24, 2.45) is 5.92 Å². The number of hydrogen-bond acceptors (Lipinski definition) is 3. The first-order valence-corrected chi connectivity index (χ1v) is 6.68.